The summed E-state index contributed by atoms with van der Waals surface area (Å²) < 4.78 is 55.8. The summed E-state index contributed by atoms with van der Waals surface area (Å²) >= 11 is 0. The minimum absolute atomic E-state index is 0.0446. The number of nitrogens with zero attached hydrogens (tertiary/aromatic N) is 1. The number of hydrogen-bond donors (Lipinski definition) is 1. The van der Waals surface area contributed by atoms with Crippen molar-refractivity contribution in [3.63, 3.8) is 0 Å². The molecule has 1 N–H and O–H groups in total. The molecule has 29 heavy (non-hydrogen) atoms. The van der Waals surface area contributed by atoms with E-state index in [0.717, 1.165) is 5.56 Å². The molecule has 1 heterocycles. The minimum atomic E-state index is -3.59. The zero-order chi connectivity index (χ0) is 21.0. The Morgan fingerprint density at radius 1 is 1.14 bits per heavy atom. The second kappa shape index (κ2) is 8.87. The number of hydrogen-bond acceptors (Lipinski definition) is 4. The van der Waals surface area contributed by atoms with E-state index in [0.29, 0.717) is 18.5 Å². The van der Waals surface area contributed by atoms with Gasteiger partial charge in [0.05, 0.1) is 4.90 Å². The van der Waals surface area contributed by atoms with Crippen molar-refractivity contribution in [2.24, 2.45) is 5.92 Å². The molecule has 1 aliphatic heterocycles. The fourth-order valence-corrected chi connectivity index (χ4v) is 4.68. The molecule has 0 atom stereocenters. The number of carbonyl (C=O) groups is 1. The molecule has 3 rings (SSSR count). The van der Waals surface area contributed by atoms with Crippen molar-refractivity contribution in [2.75, 3.05) is 18.4 Å². The summed E-state index contributed by atoms with van der Waals surface area (Å²) in [5, 5.41) is 2.68. The van der Waals surface area contributed by atoms with Crippen LogP contribution in [0.2, 0.25) is 0 Å². The number of carbonyl (C=O) groups excluding carboxylic acids is 1. The highest BCUT2D eigenvalue weighted by atomic mass is 32.2. The molecular weight excluding hydrogens is 402 g/mol. The van der Waals surface area contributed by atoms with Crippen molar-refractivity contribution in [3.8, 4) is 5.75 Å². The second-order valence-corrected chi connectivity index (χ2v) is 8.82. The molecule has 0 bridgehead atoms. The maximum absolute atomic E-state index is 12.7. The third-order valence-corrected chi connectivity index (χ3v) is 6.72. The van der Waals surface area contributed by atoms with Gasteiger partial charge in [0, 0.05) is 30.8 Å². The average molecular weight is 424 g/mol. The Hall–Kier alpha value is -2.52. The summed E-state index contributed by atoms with van der Waals surface area (Å²) in [5.41, 5.74) is 1.32. The summed E-state index contributed by atoms with van der Waals surface area (Å²) in [6.07, 6.45) is 0.758. The molecule has 1 saturated heterocycles. The summed E-state index contributed by atoms with van der Waals surface area (Å²) in [4.78, 5) is 12.7. The lowest BCUT2D eigenvalue weighted by Gasteiger charge is -2.30. The van der Waals surface area contributed by atoms with Gasteiger partial charge in [0.1, 0.15) is 5.75 Å². The molecule has 2 aromatic rings. The Balaban J connectivity index is 1.59. The van der Waals surface area contributed by atoms with Crippen LogP contribution >= 0.6 is 0 Å². The molecule has 156 valence electrons. The molecule has 9 heteroatoms. The van der Waals surface area contributed by atoms with Crippen LogP contribution in [-0.2, 0) is 14.8 Å². The monoisotopic (exact) mass is 424 g/mol. The van der Waals surface area contributed by atoms with E-state index >= 15 is 0 Å². The number of halogens is 2. The lowest BCUT2D eigenvalue weighted by molar-refractivity contribution is -0.120. The van der Waals surface area contributed by atoms with Crippen molar-refractivity contribution in [3.05, 3.63) is 54.1 Å². The van der Waals surface area contributed by atoms with E-state index in [4.69, 9.17) is 0 Å². The first-order valence-electron chi connectivity index (χ1n) is 9.18. The van der Waals surface area contributed by atoms with Crippen LogP contribution in [0.1, 0.15) is 18.4 Å². The third kappa shape index (κ3) is 5.30. The van der Waals surface area contributed by atoms with Gasteiger partial charge in [-0.05, 0) is 44.0 Å². The molecule has 2 aromatic carbocycles. The molecule has 0 radical (unpaired) electrons. The van der Waals surface area contributed by atoms with Gasteiger partial charge in [-0.1, -0.05) is 23.8 Å². The lowest BCUT2D eigenvalue weighted by Crippen LogP contribution is -2.41. The SMILES string of the molecule is Cc1ccc(S(=O)(=O)N2CCC(C(=O)Nc3cccc(OC(F)F)c3)CC2)cc1. The van der Waals surface area contributed by atoms with Crippen LogP contribution in [0.3, 0.4) is 0 Å². The summed E-state index contributed by atoms with van der Waals surface area (Å²) in [7, 11) is -3.59. The van der Waals surface area contributed by atoms with Gasteiger partial charge in [-0.15, -0.1) is 0 Å². The Morgan fingerprint density at radius 2 is 1.79 bits per heavy atom. The molecule has 0 unspecified atom stereocenters. The second-order valence-electron chi connectivity index (χ2n) is 6.89. The van der Waals surface area contributed by atoms with Gasteiger partial charge in [0.2, 0.25) is 15.9 Å². The summed E-state index contributed by atoms with van der Waals surface area (Å²) in [6.45, 7) is -0.581. The van der Waals surface area contributed by atoms with Crippen molar-refractivity contribution >= 4 is 21.6 Å². The van der Waals surface area contributed by atoms with Crippen LogP contribution in [0.4, 0.5) is 14.5 Å². The van der Waals surface area contributed by atoms with Gasteiger partial charge in [0.25, 0.3) is 0 Å². The van der Waals surface area contributed by atoms with E-state index in [-0.39, 0.29) is 35.6 Å². The predicted molar refractivity (Wildman–Crippen MR) is 104 cm³/mol. The number of sulfonamides is 1. The van der Waals surface area contributed by atoms with Crippen LogP contribution in [0, 0.1) is 12.8 Å². The van der Waals surface area contributed by atoms with Crippen LogP contribution in [0.5, 0.6) is 5.75 Å². The standard InChI is InChI=1S/C20H22F2N2O4S/c1-14-5-7-18(8-6-14)29(26,27)24-11-9-15(10-12-24)19(25)23-16-3-2-4-17(13-16)28-20(21)22/h2-8,13,15,20H,9-12H2,1H3,(H,23,25). The summed E-state index contributed by atoms with van der Waals surface area (Å²) in [5.74, 6) is -0.678. The molecule has 0 aromatic heterocycles. The highest BCUT2D eigenvalue weighted by Gasteiger charge is 2.32. The third-order valence-electron chi connectivity index (χ3n) is 4.81. The van der Waals surface area contributed by atoms with Gasteiger partial charge in [-0.25, -0.2) is 8.42 Å². The smallest absolute Gasteiger partial charge is 0.387 e. The van der Waals surface area contributed by atoms with Crippen LogP contribution in [-0.4, -0.2) is 38.3 Å². The van der Waals surface area contributed by atoms with E-state index in [1.165, 1.54) is 22.5 Å². The van der Waals surface area contributed by atoms with E-state index in [1.54, 1.807) is 30.3 Å². The molecule has 0 aliphatic carbocycles. The van der Waals surface area contributed by atoms with Crippen LogP contribution in [0.15, 0.2) is 53.4 Å². The van der Waals surface area contributed by atoms with Crippen LogP contribution in [0.25, 0.3) is 0 Å². The molecule has 0 saturated carbocycles. The van der Waals surface area contributed by atoms with E-state index in [9.17, 15) is 22.0 Å². The molecular formula is C20H22F2N2O4S. The first kappa shape index (κ1) is 21.2. The molecule has 0 spiro atoms. The van der Waals surface area contributed by atoms with Gasteiger partial charge in [-0.3, -0.25) is 4.79 Å². The lowest BCUT2D eigenvalue weighted by atomic mass is 9.97. The zero-order valence-corrected chi connectivity index (χ0v) is 16.7. The van der Waals surface area contributed by atoms with E-state index in [1.807, 2.05) is 6.92 Å². The highest BCUT2D eigenvalue weighted by molar-refractivity contribution is 7.89. The van der Waals surface area contributed by atoms with Crippen molar-refractivity contribution in [1.82, 2.24) is 4.31 Å². The average Bonchev–Trinajstić information content (AvgIpc) is 2.68. The topological polar surface area (TPSA) is 75.7 Å². The number of ether oxygens (including phenoxy) is 1. The first-order chi connectivity index (χ1) is 13.8. The number of amides is 1. The number of rotatable bonds is 6. The number of piperidine rings is 1. The van der Waals surface area contributed by atoms with E-state index < -0.39 is 16.6 Å². The number of benzene rings is 2. The van der Waals surface area contributed by atoms with Gasteiger partial charge in [-0.2, -0.15) is 13.1 Å². The summed E-state index contributed by atoms with van der Waals surface area (Å²) in [6, 6.07) is 12.4. The van der Waals surface area contributed by atoms with Gasteiger partial charge >= 0.3 is 6.61 Å². The largest absolute Gasteiger partial charge is 0.435 e. The Kier molecular flexibility index (Phi) is 6.49. The van der Waals surface area contributed by atoms with Gasteiger partial charge < -0.3 is 10.1 Å². The van der Waals surface area contributed by atoms with Gasteiger partial charge in [0.15, 0.2) is 0 Å². The Labute approximate surface area is 168 Å². The number of alkyl halides is 2. The maximum atomic E-state index is 12.7. The maximum Gasteiger partial charge on any atom is 0.387 e. The Morgan fingerprint density at radius 3 is 2.41 bits per heavy atom. The predicted octanol–water partition coefficient (Wildman–Crippen LogP) is 3.64. The zero-order valence-electron chi connectivity index (χ0n) is 15.8. The number of anilines is 1. The molecule has 1 fully saturated rings. The molecule has 1 aliphatic rings. The number of nitrogens with one attached hydrogen (secondary N) is 1. The normalized spacial score (nSPS) is 16.0. The molecule has 6 nitrogen and oxygen atoms in total. The highest BCUT2D eigenvalue weighted by Crippen LogP contribution is 2.26. The van der Waals surface area contributed by atoms with Crippen LogP contribution < -0.4 is 10.1 Å². The van der Waals surface area contributed by atoms with Crippen molar-refractivity contribution < 1.29 is 26.7 Å². The quantitative estimate of drug-likeness (QED) is 0.768. The minimum Gasteiger partial charge on any atom is -0.435 e. The van der Waals surface area contributed by atoms with E-state index in [2.05, 4.69) is 10.1 Å². The van der Waals surface area contributed by atoms with Crippen molar-refractivity contribution in [2.45, 2.75) is 31.3 Å². The Bertz CT molecular complexity index is 957. The first-order valence-corrected chi connectivity index (χ1v) is 10.6. The fourth-order valence-electron chi connectivity index (χ4n) is 3.21. The fraction of sp³-hybridized carbons (Fsp3) is 0.350. The molecule has 1 amide bonds. The van der Waals surface area contributed by atoms with Crippen molar-refractivity contribution in [1.29, 1.82) is 0 Å². The number of aryl methyl sites for hydroxylation is 1.